The van der Waals surface area contributed by atoms with E-state index in [1.807, 2.05) is 0 Å². The van der Waals surface area contributed by atoms with E-state index >= 15 is 0 Å². The molecule has 4 atom stereocenters. The van der Waals surface area contributed by atoms with Gasteiger partial charge < -0.3 is 30.3 Å². The van der Waals surface area contributed by atoms with Crippen LogP contribution in [0.3, 0.4) is 0 Å². The van der Waals surface area contributed by atoms with Crippen LogP contribution in [0, 0.1) is 5.92 Å². The fourth-order valence-corrected chi connectivity index (χ4v) is 3.33. The Morgan fingerprint density at radius 3 is 2.48 bits per heavy atom. The second-order valence-corrected chi connectivity index (χ2v) is 6.23. The summed E-state index contributed by atoms with van der Waals surface area (Å²) in [7, 11) is 1.30. The second-order valence-electron chi connectivity index (χ2n) is 6.23. The lowest BCUT2D eigenvalue weighted by atomic mass is 9.69. The Kier molecular flexibility index (Phi) is 3.40. The van der Waals surface area contributed by atoms with Gasteiger partial charge in [0.15, 0.2) is 5.78 Å². The quantitative estimate of drug-likeness (QED) is 0.465. The van der Waals surface area contributed by atoms with Gasteiger partial charge in [-0.05, 0) is 19.4 Å². The Morgan fingerprint density at radius 2 is 1.87 bits per heavy atom. The largest absolute Gasteiger partial charge is 0.511 e. The summed E-state index contributed by atoms with van der Waals surface area (Å²) in [6.07, 6.45) is -0.458. The summed E-state index contributed by atoms with van der Waals surface area (Å²) in [5.41, 5.74) is -1.46. The van der Waals surface area contributed by atoms with Gasteiger partial charge in [-0.15, -0.1) is 0 Å². The van der Waals surface area contributed by atoms with Gasteiger partial charge in [0, 0.05) is 28.7 Å². The molecule has 0 heterocycles. The van der Waals surface area contributed by atoms with Crippen LogP contribution < -0.4 is 0 Å². The molecule has 0 aromatic rings. The summed E-state index contributed by atoms with van der Waals surface area (Å²) < 4.78 is 4.95. The summed E-state index contributed by atoms with van der Waals surface area (Å²) in [6, 6.07) is 0. The number of carbonyl (C=O) groups is 1. The summed E-state index contributed by atoms with van der Waals surface area (Å²) in [6.45, 7) is 1.34. The normalized spacial score (nSPS) is 37.1. The van der Waals surface area contributed by atoms with Crippen LogP contribution in [0.25, 0.3) is 0 Å². The molecule has 0 aromatic carbocycles. The first-order valence-electron chi connectivity index (χ1n) is 7.15. The minimum atomic E-state index is -1.65. The van der Waals surface area contributed by atoms with Gasteiger partial charge in [0.1, 0.15) is 29.5 Å². The van der Waals surface area contributed by atoms with Crippen molar-refractivity contribution in [3.63, 3.8) is 0 Å². The average molecular weight is 322 g/mol. The molecule has 4 unspecified atom stereocenters. The molecular weight excluding hydrogens is 304 g/mol. The number of hydrogen-bond acceptors (Lipinski definition) is 7. The number of ketones is 1. The van der Waals surface area contributed by atoms with E-state index in [0.717, 1.165) is 6.08 Å². The van der Waals surface area contributed by atoms with Crippen molar-refractivity contribution in [2.24, 2.45) is 5.92 Å². The van der Waals surface area contributed by atoms with Gasteiger partial charge in [-0.2, -0.15) is 0 Å². The van der Waals surface area contributed by atoms with Crippen molar-refractivity contribution in [3.05, 3.63) is 46.1 Å². The van der Waals surface area contributed by atoms with Crippen LogP contribution >= 0.6 is 0 Å². The maximum absolute atomic E-state index is 12.2. The fourth-order valence-electron chi connectivity index (χ4n) is 3.33. The lowest BCUT2D eigenvalue weighted by Gasteiger charge is -2.41. The maximum atomic E-state index is 12.2. The van der Waals surface area contributed by atoms with Gasteiger partial charge in [-0.3, -0.25) is 4.79 Å². The van der Waals surface area contributed by atoms with Crippen molar-refractivity contribution >= 4 is 5.78 Å². The van der Waals surface area contributed by atoms with Crippen LogP contribution in [0.4, 0.5) is 0 Å². The van der Waals surface area contributed by atoms with Crippen LogP contribution in [0.1, 0.15) is 13.3 Å². The first kappa shape index (κ1) is 15.8. The molecule has 0 aromatic heterocycles. The second kappa shape index (κ2) is 4.95. The van der Waals surface area contributed by atoms with Crippen molar-refractivity contribution in [1.82, 2.24) is 0 Å². The molecule has 0 saturated carbocycles. The first-order chi connectivity index (χ1) is 10.7. The molecule has 3 aliphatic carbocycles. The third kappa shape index (κ3) is 2.12. The van der Waals surface area contributed by atoms with E-state index < -0.39 is 35.3 Å². The molecule has 0 fully saturated rings. The van der Waals surface area contributed by atoms with E-state index in [1.54, 1.807) is 0 Å². The number of allylic oxidation sites excluding steroid dienone is 3. The lowest BCUT2D eigenvalue weighted by Crippen LogP contribution is -2.48. The molecule has 7 heteroatoms. The Labute approximate surface area is 132 Å². The van der Waals surface area contributed by atoms with E-state index in [2.05, 4.69) is 0 Å². The van der Waals surface area contributed by atoms with Gasteiger partial charge in [-0.1, -0.05) is 0 Å². The minimum Gasteiger partial charge on any atom is -0.511 e. The molecule has 0 spiro atoms. The molecule has 0 aliphatic heterocycles. The van der Waals surface area contributed by atoms with Crippen LogP contribution in [-0.4, -0.2) is 56.2 Å². The molecule has 0 saturated heterocycles. The van der Waals surface area contributed by atoms with Crippen molar-refractivity contribution in [3.8, 4) is 0 Å². The standard InChI is InChI=1S/C16H18O7/c1-16(22)5-8-6(13(19)15(16)21)3-7-9(17)4-10(23-2)14(20)11(7)12(8)18/h3-4,8,14-15,18-22H,5H2,1-2H3. The highest BCUT2D eigenvalue weighted by Gasteiger charge is 2.48. The minimum absolute atomic E-state index is 0.00286. The molecular formula is C16H18O7. The highest BCUT2D eigenvalue weighted by Crippen LogP contribution is 2.46. The number of fused-ring (bicyclic) bond motifs is 2. The third-order valence-corrected chi connectivity index (χ3v) is 4.65. The maximum Gasteiger partial charge on any atom is 0.189 e. The number of aliphatic hydroxyl groups excluding tert-OH is 4. The van der Waals surface area contributed by atoms with Crippen LogP contribution in [-0.2, 0) is 9.53 Å². The molecule has 0 bridgehead atoms. The highest BCUT2D eigenvalue weighted by atomic mass is 16.5. The lowest BCUT2D eigenvalue weighted by molar-refractivity contribution is -0.112. The monoisotopic (exact) mass is 322 g/mol. The van der Waals surface area contributed by atoms with E-state index in [-0.39, 0.29) is 34.7 Å². The number of rotatable bonds is 1. The van der Waals surface area contributed by atoms with Gasteiger partial charge in [0.05, 0.1) is 12.7 Å². The number of aliphatic hydroxyl groups is 5. The van der Waals surface area contributed by atoms with E-state index in [9.17, 15) is 30.3 Å². The Morgan fingerprint density at radius 1 is 1.22 bits per heavy atom. The zero-order chi connectivity index (χ0) is 17.1. The number of hydrogen-bond donors (Lipinski definition) is 5. The topological polar surface area (TPSA) is 127 Å². The van der Waals surface area contributed by atoms with Crippen LogP contribution in [0.15, 0.2) is 46.1 Å². The SMILES string of the molecule is COC1=CC(=O)C2=CC3=C(O)C(O)C(C)(O)CC3C(O)=C2C1O. The summed E-state index contributed by atoms with van der Waals surface area (Å²) >= 11 is 0. The predicted molar refractivity (Wildman–Crippen MR) is 78.2 cm³/mol. The fraction of sp³-hybridized carbons (Fsp3) is 0.438. The Balaban J connectivity index is 2.21. The average Bonchev–Trinajstić information content (AvgIpc) is 2.49. The van der Waals surface area contributed by atoms with E-state index in [4.69, 9.17) is 4.74 Å². The molecule has 3 rings (SSSR count). The first-order valence-corrected chi connectivity index (χ1v) is 7.15. The Bertz CT molecular complexity index is 708. The van der Waals surface area contributed by atoms with Gasteiger partial charge in [0.2, 0.25) is 0 Å². The summed E-state index contributed by atoms with van der Waals surface area (Å²) in [5.74, 6) is -2.12. The number of ether oxygens (including phenoxy) is 1. The van der Waals surface area contributed by atoms with Crippen LogP contribution in [0.5, 0.6) is 0 Å². The van der Waals surface area contributed by atoms with Crippen LogP contribution in [0.2, 0.25) is 0 Å². The third-order valence-electron chi connectivity index (χ3n) is 4.65. The number of methoxy groups -OCH3 is 1. The molecule has 7 nitrogen and oxygen atoms in total. The summed E-state index contributed by atoms with van der Waals surface area (Å²) in [5, 5.41) is 51.2. The highest BCUT2D eigenvalue weighted by molar-refractivity contribution is 6.10. The predicted octanol–water partition coefficient (Wildman–Crippen LogP) is 0.156. The molecule has 5 N–H and O–H groups in total. The Hall–Kier alpha value is -2.09. The molecule has 3 aliphatic rings. The summed E-state index contributed by atoms with van der Waals surface area (Å²) in [4.78, 5) is 12.2. The van der Waals surface area contributed by atoms with Gasteiger partial charge in [0.25, 0.3) is 0 Å². The number of carbonyl (C=O) groups excluding carboxylic acids is 1. The molecule has 0 amide bonds. The van der Waals surface area contributed by atoms with Gasteiger partial charge in [-0.25, -0.2) is 0 Å². The molecule has 124 valence electrons. The molecule has 0 radical (unpaired) electrons. The van der Waals surface area contributed by atoms with Gasteiger partial charge >= 0.3 is 0 Å². The van der Waals surface area contributed by atoms with Crippen molar-refractivity contribution in [2.75, 3.05) is 7.11 Å². The van der Waals surface area contributed by atoms with Crippen molar-refractivity contribution in [2.45, 2.75) is 31.2 Å². The van der Waals surface area contributed by atoms with Crippen molar-refractivity contribution in [1.29, 1.82) is 0 Å². The van der Waals surface area contributed by atoms with Crippen molar-refractivity contribution < 1.29 is 35.1 Å². The zero-order valence-corrected chi connectivity index (χ0v) is 12.6. The molecule has 23 heavy (non-hydrogen) atoms. The zero-order valence-electron chi connectivity index (χ0n) is 12.6. The van der Waals surface area contributed by atoms with E-state index in [1.165, 1.54) is 20.1 Å². The smallest absolute Gasteiger partial charge is 0.189 e. The van der Waals surface area contributed by atoms with E-state index in [0.29, 0.717) is 0 Å².